The number of aromatic nitrogens is 3. The van der Waals surface area contributed by atoms with Crippen LogP contribution in [-0.4, -0.2) is 67.1 Å². The molecule has 0 aliphatic carbocycles. The van der Waals surface area contributed by atoms with Gasteiger partial charge < -0.3 is 19.3 Å². The van der Waals surface area contributed by atoms with Crippen LogP contribution in [0.3, 0.4) is 0 Å². The molecule has 0 amide bonds. The molecule has 0 radical (unpaired) electrons. The van der Waals surface area contributed by atoms with Gasteiger partial charge in [-0.15, -0.1) is 0 Å². The lowest BCUT2D eigenvalue weighted by molar-refractivity contribution is -0.0365. The Morgan fingerprint density at radius 1 is 1.19 bits per heavy atom. The van der Waals surface area contributed by atoms with E-state index in [1.807, 2.05) is 23.7 Å². The van der Waals surface area contributed by atoms with Gasteiger partial charge >= 0.3 is 0 Å². The van der Waals surface area contributed by atoms with Crippen LogP contribution in [0.5, 0.6) is 5.75 Å². The molecule has 3 aromatic rings. The SMILES string of the molecule is CC(COCCO[C@@H](C)c1cncc(-c2nn(C3CCCCO3)c3ccc(O)cc23)c1)OS(C)(=O)=O. The summed E-state index contributed by atoms with van der Waals surface area (Å²) in [5.74, 6) is 0.171. The monoisotopic (exact) mass is 519 g/mol. The fraction of sp³-hybridized carbons (Fsp3) is 0.520. The van der Waals surface area contributed by atoms with Crippen molar-refractivity contribution in [3.63, 3.8) is 0 Å². The molecule has 2 aromatic heterocycles. The Bertz CT molecular complexity index is 1270. The summed E-state index contributed by atoms with van der Waals surface area (Å²) >= 11 is 0. The molecule has 1 aliphatic rings. The maximum Gasteiger partial charge on any atom is 0.264 e. The molecule has 11 heteroatoms. The lowest BCUT2D eigenvalue weighted by Crippen LogP contribution is -2.21. The largest absolute Gasteiger partial charge is 0.508 e. The molecule has 1 fully saturated rings. The normalized spacial score (nSPS) is 18.4. The van der Waals surface area contributed by atoms with Gasteiger partial charge in [-0.1, -0.05) is 0 Å². The van der Waals surface area contributed by atoms with Crippen LogP contribution in [0.2, 0.25) is 0 Å². The summed E-state index contributed by atoms with van der Waals surface area (Å²) in [4.78, 5) is 4.41. The topological polar surface area (TPSA) is 122 Å². The van der Waals surface area contributed by atoms with E-state index in [1.54, 1.807) is 31.5 Å². The summed E-state index contributed by atoms with van der Waals surface area (Å²) in [6.45, 7) is 5.03. The summed E-state index contributed by atoms with van der Waals surface area (Å²) in [7, 11) is -3.51. The fourth-order valence-electron chi connectivity index (χ4n) is 4.24. The third kappa shape index (κ3) is 6.80. The van der Waals surface area contributed by atoms with E-state index in [0.717, 1.165) is 53.2 Å². The molecule has 1 saturated heterocycles. The standard InChI is InChI=1S/C25H33N3O7S/c1-17(35-36(3,30)31)16-32-10-11-33-18(2)19-12-20(15-26-14-19)25-22-13-21(29)7-8-23(22)28(27-25)24-6-4-5-9-34-24/h7-8,12-15,17-18,24,29H,4-6,9-11,16H2,1-3H3/t17?,18-,24?/m0/s1. The van der Waals surface area contributed by atoms with Crippen LogP contribution >= 0.6 is 0 Å². The van der Waals surface area contributed by atoms with Gasteiger partial charge in [0, 0.05) is 30.0 Å². The number of nitrogens with zero attached hydrogens (tertiary/aromatic N) is 3. The van der Waals surface area contributed by atoms with Crippen molar-refractivity contribution in [1.29, 1.82) is 0 Å². The fourth-order valence-corrected chi connectivity index (χ4v) is 4.90. The highest BCUT2D eigenvalue weighted by Crippen LogP contribution is 2.35. The van der Waals surface area contributed by atoms with Crippen molar-refractivity contribution < 1.29 is 31.9 Å². The number of hydrogen-bond donors (Lipinski definition) is 1. The van der Waals surface area contributed by atoms with Gasteiger partial charge in [-0.2, -0.15) is 13.5 Å². The zero-order valence-electron chi connectivity index (χ0n) is 20.8. The van der Waals surface area contributed by atoms with Crippen LogP contribution in [0.4, 0.5) is 0 Å². The summed E-state index contributed by atoms with van der Waals surface area (Å²) in [5.41, 5.74) is 3.31. The van der Waals surface area contributed by atoms with Gasteiger partial charge in [-0.25, -0.2) is 4.68 Å². The Hall–Kier alpha value is -2.57. The molecule has 1 aliphatic heterocycles. The van der Waals surface area contributed by atoms with E-state index in [0.29, 0.717) is 19.8 Å². The van der Waals surface area contributed by atoms with E-state index in [9.17, 15) is 13.5 Å². The van der Waals surface area contributed by atoms with Crippen LogP contribution in [0.25, 0.3) is 22.2 Å². The Labute approximate surface area is 211 Å². The highest BCUT2D eigenvalue weighted by atomic mass is 32.2. The number of ether oxygens (including phenoxy) is 3. The first-order valence-corrected chi connectivity index (χ1v) is 13.9. The molecule has 2 unspecified atom stereocenters. The number of hydrogen-bond acceptors (Lipinski definition) is 9. The van der Waals surface area contributed by atoms with E-state index in [-0.39, 0.29) is 24.7 Å². The smallest absolute Gasteiger partial charge is 0.264 e. The number of pyridine rings is 1. The van der Waals surface area contributed by atoms with E-state index in [2.05, 4.69) is 4.98 Å². The Morgan fingerprint density at radius 2 is 2.03 bits per heavy atom. The molecule has 0 bridgehead atoms. The molecule has 196 valence electrons. The molecule has 10 nitrogen and oxygen atoms in total. The lowest BCUT2D eigenvalue weighted by atomic mass is 10.1. The van der Waals surface area contributed by atoms with Crippen LogP contribution in [0, 0.1) is 0 Å². The number of aromatic hydroxyl groups is 1. The number of fused-ring (bicyclic) bond motifs is 1. The van der Waals surface area contributed by atoms with Crippen LogP contribution < -0.4 is 0 Å². The molecule has 1 N–H and O–H groups in total. The Balaban J connectivity index is 1.44. The van der Waals surface area contributed by atoms with E-state index < -0.39 is 16.2 Å². The number of rotatable bonds is 11. The van der Waals surface area contributed by atoms with Crippen molar-refractivity contribution in [3.05, 3.63) is 42.2 Å². The van der Waals surface area contributed by atoms with Gasteiger partial charge in [-0.3, -0.25) is 9.17 Å². The molecule has 3 heterocycles. The molecular weight excluding hydrogens is 486 g/mol. The van der Waals surface area contributed by atoms with Gasteiger partial charge in [0.05, 0.1) is 43.8 Å². The van der Waals surface area contributed by atoms with Gasteiger partial charge in [0.15, 0.2) is 6.23 Å². The van der Waals surface area contributed by atoms with E-state index in [4.69, 9.17) is 23.5 Å². The predicted octanol–water partition coefficient (Wildman–Crippen LogP) is 3.96. The van der Waals surface area contributed by atoms with E-state index >= 15 is 0 Å². The van der Waals surface area contributed by atoms with Crippen molar-refractivity contribution in [2.75, 3.05) is 32.7 Å². The zero-order chi connectivity index (χ0) is 25.7. The first-order valence-electron chi connectivity index (χ1n) is 12.1. The average molecular weight is 520 g/mol. The lowest BCUT2D eigenvalue weighted by Gasteiger charge is -2.23. The minimum absolute atomic E-state index is 0.136. The van der Waals surface area contributed by atoms with Gasteiger partial charge in [0.25, 0.3) is 10.1 Å². The van der Waals surface area contributed by atoms with Crippen molar-refractivity contribution in [2.24, 2.45) is 0 Å². The van der Waals surface area contributed by atoms with Crippen molar-refractivity contribution >= 4 is 21.0 Å². The van der Waals surface area contributed by atoms with Crippen LogP contribution in [0.1, 0.15) is 51.0 Å². The first-order chi connectivity index (χ1) is 17.2. The predicted molar refractivity (Wildman–Crippen MR) is 134 cm³/mol. The second-order valence-electron chi connectivity index (χ2n) is 9.02. The maximum absolute atomic E-state index is 11.1. The molecular formula is C25H33N3O7S. The van der Waals surface area contributed by atoms with Crippen LogP contribution in [0.15, 0.2) is 36.7 Å². The summed E-state index contributed by atoms with van der Waals surface area (Å²) in [6.07, 6.45) is 6.57. The molecule has 4 rings (SSSR count). The second kappa shape index (κ2) is 11.7. The van der Waals surface area contributed by atoms with Gasteiger partial charge in [-0.05, 0) is 62.9 Å². The van der Waals surface area contributed by atoms with Crippen molar-refractivity contribution in [1.82, 2.24) is 14.8 Å². The Morgan fingerprint density at radius 3 is 2.78 bits per heavy atom. The third-order valence-electron chi connectivity index (χ3n) is 5.91. The Kier molecular flexibility index (Phi) is 8.58. The molecule has 0 spiro atoms. The number of phenols is 1. The second-order valence-corrected chi connectivity index (χ2v) is 10.6. The number of benzene rings is 1. The van der Waals surface area contributed by atoms with Crippen molar-refractivity contribution in [3.8, 4) is 17.0 Å². The molecule has 36 heavy (non-hydrogen) atoms. The van der Waals surface area contributed by atoms with Crippen LogP contribution in [-0.2, 0) is 28.5 Å². The molecule has 1 aromatic carbocycles. The van der Waals surface area contributed by atoms with Crippen molar-refractivity contribution in [2.45, 2.75) is 51.5 Å². The highest BCUT2D eigenvalue weighted by Gasteiger charge is 2.22. The van der Waals surface area contributed by atoms with Gasteiger partial charge in [0.1, 0.15) is 11.4 Å². The zero-order valence-corrected chi connectivity index (χ0v) is 21.6. The average Bonchev–Trinajstić information content (AvgIpc) is 3.22. The summed E-state index contributed by atoms with van der Waals surface area (Å²) in [5, 5.41) is 15.8. The minimum atomic E-state index is -3.51. The molecule has 0 saturated carbocycles. The molecule has 3 atom stereocenters. The third-order valence-corrected chi connectivity index (χ3v) is 6.59. The highest BCUT2D eigenvalue weighted by molar-refractivity contribution is 7.86. The summed E-state index contributed by atoms with van der Waals surface area (Å²) < 4.78 is 46.4. The quantitative estimate of drug-likeness (QED) is 0.296. The minimum Gasteiger partial charge on any atom is -0.508 e. The maximum atomic E-state index is 11.1. The van der Waals surface area contributed by atoms with Gasteiger partial charge in [0.2, 0.25) is 0 Å². The first kappa shape index (κ1) is 26.5. The summed E-state index contributed by atoms with van der Waals surface area (Å²) in [6, 6.07) is 7.23. The number of phenolic OH excluding ortho intramolecular Hbond substituents is 1. The van der Waals surface area contributed by atoms with E-state index in [1.165, 1.54) is 0 Å².